The first-order valence-corrected chi connectivity index (χ1v) is 9.82. The number of nitrogens with one attached hydrogen (secondary N) is 2. The van der Waals surface area contributed by atoms with Crippen LogP contribution in [0.25, 0.3) is 11.4 Å². The third-order valence-corrected chi connectivity index (χ3v) is 4.79. The lowest BCUT2D eigenvalue weighted by molar-refractivity contribution is 0.245. The van der Waals surface area contributed by atoms with E-state index in [2.05, 4.69) is 20.5 Å². The van der Waals surface area contributed by atoms with Gasteiger partial charge < -0.3 is 5.32 Å². The van der Waals surface area contributed by atoms with Crippen LogP contribution in [0.2, 0.25) is 0 Å². The van der Waals surface area contributed by atoms with Gasteiger partial charge >= 0.3 is 6.03 Å². The van der Waals surface area contributed by atoms with Gasteiger partial charge in [0, 0.05) is 5.56 Å². The van der Waals surface area contributed by atoms with Gasteiger partial charge in [-0.25, -0.2) is 9.78 Å². The van der Waals surface area contributed by atoms with Gasteiger partial charge in [-0.2, -0.15) is 5.10 Å². The highest BCUT2D eigenvalue weighted by Gasteiger charge is 2.21. The number of benzene rings is 3. The number of hydrogen-bond acceptors (Lipinski definition) is 3. The third kappa shape index (κ3) is 4.22. The summed E-state index contributed by atoms with van der Waals surface area (Å²) >= 11 is 0. The molecule has 0 saturated carbocycles. The van der Waals surface area contributed by atoms with Crippen molar-refractivity contribution in [3.05, 3.63) is 96.3 Å². The van der Waals surface area contributed by atoms with E-state index in [-0.39, 0.29) is 12.1 Å². The summed E-state index contributed by atoms with van der Waals surface area (Å²) in [5.74, 6) is 1.20. The second-order valence-electron chi connectivity index (χ2n) is 7.09. The average Bonchev–Trinajstić information content (AvgIpc) is 3.26. The molecular weight excluding hydrogens is 374 g/mol. The summed E-state index contributed by atoms with van der Waals surface area (Å²) in [5.41, 5.74) is 3.67. The number of anilines is 2. The zero-order chi connectivity index (χ0) is 20.9. The number of para-hydroxylation sites is 2. The van der Waals surface area contributed by atoms with Crippen molar-refractivity contribution in [2.24, 2.45) is 0 Å². The number of rotatable bonds is 5. The minimum Gasteiger partial charge on any atom is -0.328 e. The maximum atomic E-state index is 13.2. The topological polar surface area (TPSA) is 73.9 Å². The summed E-state index contributed by atoms with van der Waals surface area (Å²) in [7, 11) is 0. The summed E-state index contributed by atoms with van der Waals surface area (Å²) in [6.45, 7) is 3.92. The van der Waals surface area contributed by atoms with E-state index in [4.69, 9.17) is 0 Å². The molecule has 0 aliphatic heterocycles. The molecule has 4 aromatic rings. The van der Waals surface area contributed by atoms with Crippen molar-refractivity contribution in [1.82, 2.24) is 20.5 Å². The quantitative estimate of drug-likeness (QED) is 0.474. The second-order valence-corrected chi connectivity index (χ2v) is 7.09. The Balaban J connectivity index is 1.55. The Morgan fingerprint density at radius 2 is 1.47 bits per heavy atom. The highest BCUT2D eigenvalue weighted by molar-refractivity contribution is 5.99. The molecule has 150 valence electrons. The van der Waals surface area contributed by atoms with Crippen LogP contribution in [-0.2, 0) is 0 Å². The molecule has 1 aromatic heterocycles. The van der Waals surface area contributed by atoms with E-state index < -0.39 is 0 Å². The van der Waals surface area contributed by atoms with Crippen molar-refractivity contribution in [3.8, 4) is 11.4 Å². The number of aromatic nitrogens is 3. The number of nitrogens with zero attached hydrogens (tertiary/aromatic N) is 3. The number of urea groups is 1. The number of hydrogen-bond donors (Lipinski definition) is 2. The number of amides is 2. The van der Waals surface area contributed by atoms with Crippen LogP contribution >= 0.6 is 0 Å². The SMILES string of the molecule is Cc1ccc(-c2n[nH]c(C(C)NC(=O)N(c3ccccc3)c3ccccc3)n2)cc1. The molecule has 4 rings (SSSR count). The van der Waals surface area contributed by atoms with E-state index in [9.17, 15) is 4.79 Å². The number of carbonyl (C=O) groups excluding carboxylic acids is 1. The number of carbonyl (C=O) groups is 1. The van der Waals surface area contributed by atoms with E-state index in [1.165, 1.54) is 5.56 Å². The lowest BCUT2D eigenvalue weighted by Gasteiger charge is -2.25. The Labute approximate surface area is 175 Å². The van der Waals surface area contributed by atoms with Crippen LogP contribution in [-0.4, -0.2) is 21.2 Å². The molecule has 0 aliphatic rings. The first-order valence-electron chi connectivity index (χ1n) is 9.82. The molecule has 0 aliphatic carbocycles. The van der Waals surface area contributed by atoms with Crippen LogP contribution in [0.15, 0.2) is 84.9 Å². The van der Waals surface area contributed by atoms with Gasteiger partial charge in [-0.15, -0.1) is 0 Å². The number of aryl methyl sites for hydroxylation is 1. The summed E-state index contributed by atoms with van der Waals surface area (Å²) in [6.07, 6.45) is 0. The molecule has 0 saturated heterocycles. The molecule has 6 heteroatoms. The number of aromatic amines is 1. The first-order chi connectivity index (χ1) is 14.6. The van der Waals surface area contributed by atoms with E-state index in [0.29, 0.717) is 11.6 Å². The monoisotopic (exact) mass is 397 g/mol. The molecule has 6 nitrogen and oxygen atoms in total. The predicted octanol–water partition coefficient (Wildman–Crippen LogP) is 5.39. The largest absolute Gasteiger partial charge is 0.328 e. The van der Waals surface area contributed by atoms with Crippen molar-refractivity contribution < 1.29 is 4.79 Å². The van der Waals surface area contributed by atoms with E-state index >= 15 is 0 Å². The molecule has 2 N–H and O–H groups in total. The normalized spacial score (nSPS) is 11.7. The van der Waals surface area contributed by atoms with Gasteiger partial charge in [0.1, 0.15) is 5.82 Å². The highest BCUT2D eigenvalue weighted by Crippen LogP contribution is 2.26. The van der Waals surface area contributed by atoms with Gasteiger partial charge in [-0.05, 0) is 38.1 Å². The standard InChI is InChI=1S/C24H23N5O/c1-17-13-15-19(16-14-17)23-26-22(27-28-23)18(2)25-24(30)29(20-9-5-3-6-10-20)21-11-7-4-8-12-21/h3-16,18H,1-2H3,(H,25,30)(H,26,27,28). The molecule has 3 aromatic carbocycles. The average molecular weight is 397 g/mol. The van der Waals surface area contributed by atoms with Crippen LogP contribution in [0.5, 0.6) is 0 Å². The van der Waals surface area contributed by atoms with Crippen molar-refractivity contribution in [3.63, 3.8) is 0 Å². The molecule has 0 radical (unpaired) electrons. The van der Waals surface area contributed by atoms with Gasteiger partial charge in [-0.1, -0.05) is 66.2 Å². The smallest absolute Gasteiger partial charge is 0.327 e. The van der Waals surface area contributed by atoms with Crippen molar-refractivity contribution >= 4 is 17.4 Å². The van der Waals surface area contributed by atoms with Gasteiger partial charge in [0.05, 0.1) is 17.4 Å². The Morgan fingerprint density at radius 3 is 2.03 bits per heavy atom. The fourth-order valence-electron chi connectivity index (χ4n) is 3.16. The molecule has 1 unspecified atom stereocenters. The van der Waals surface area contributed by atoms with Gasteiger partial charge in [0.15, 0.2) is 5.82 Å². The van der Waals surface area contributed by atoms with Crippen molar-refractivity contribution in [2.75, 3.05) is 4.90 Å². The van der Waals surface area contributed by atoms with Crippen molar-refractivity contribution in [1.29, 1.82) is 0 Å². The van der Waals surface area contributed by atoms with Crippen LogP contribution in [0, 0.1) is 6.92 Å². The second kappa shape index (κ2) is 8.61. The van der Waals surface area contributed by atoms with Crippen molar-refractivity contribution in [2.45, 2.75) is 19.9 Å². The summed E-state index contributed by atoms with van der Waals surface area (Å²) < 4.78 is 0. The maximum Gasteiger partial charge on any atom is 0.327 e. The summed E-state index contributed by atoms with van der Waals surface area (Å²) in [5, 5.41) is 10.3. The Kier molecular flexibility index (Phi) is 5.57. The van der Waals surface area contributed by atoms with Gasteiger partial charge in [0.2, 0.25) is 0 Å². The Bertz CT molecular complexity index is 1070. The number of H-pyrrole nitrogens is 1. The predicted molar refractivity (Wildman–Crippen MR) is 119 cm³/mol. The molecule has 0 bridgehead atoms. The zero-order valence-electron chi connectivity index (χ0n) is 16.9. The third-order valence-electron chi connectivity index (χ3n) is 4.79. The van der Waals surface area contributed by atoms with Gasteiger partial charge in [-0.3, -0.25) is 10.00 Å². The Morgan fingerprint density at radius 1 is 0.900 bits per heavy atom. The van der Waals surface area contributed by atoms with E-state index in [0.717, 1.165) is 16.9 Å². The lowest BCUT2D eigenvalue weighted by Crippen LogP contribution is -2.38. The maximum absolute atomic E-state index is 13.2. The lowest BCUT2D eigenvalue weighted by atomic mass is 10.1. The minimum absolute atomic E-state index is 0.242. The fourth-order valence-corrected chi connectivity index (χ4v) is 3.16. The molecule has 30 heavy (non-hydrogen) atoms. The molecule has 1 heterocycles. The van der Waals surface area contributed by atoms with Crippen LogP contribution < -0.4 is 10.2 Å². The van der Waals surface area contributed by atoms with Crippen LogP contribution in [0.4, 0.5) is 16.2 Å². The van der Waals surface area contributed by atoms with Crippen LogP contribution in [0.1, 0.15) is 24.4 Å². The summed E-state index contributed by atoms with van der Waals surface area (Å²) in [4.78, 5) is 19.4. The van der Waals surface area contributed by atoms with E-state index in [1.54, 1.807) is 4.90 Å². The molecule has 2 amide bonds. The molecule has 1 atom stereocenters. The molecule has 0 spiro atoms. The molecular formula is C24H23N5O. The minimum atomic E-state index is -0.348. The first kappa shape index (κ1) is 19.4. The van der Waals surface area contributed by atoms with E-state index in [1.807, 2.05) is 98.8 Å². The highest BCUT2D eigenvalue weighted by atomic mass is 16.2. The summed E-state index contributed by atoms with van der Waals surface area (Å²) in [6, 6.07) is 26.5. The fraction of sp³-hybridized carbons (Fsp3) is 0.125. The molecule has 0 fully saturated rings. The van der Waals surface area contributed by atoms with Crippen LogP contribution in [0.3, 0.4) is 0 Å². The van der Waals surface area contributed by atoms with Gasteiger partial charge in [0.25, 0.3) is 0 Å². The zero-order valence-corrected chi connectivity index (χ0v) is 16.9. The Hall–Kier alpha value is -3.93.